The summed E-state index contributed by atoms with van der Waals surface area (Å²) in [6, 6.07) is 5.71. The summed E-state index contributed by atoms with van der Waals surface area (Å²) in [6.07, 6.45) is 3.48. The molecule has 0 radical (unpaired) electrons. The maximum absolute atomic E-state index is 8.94. The Balaban J connectivity index is 2.27. The number of nitrogens with two attached hydrogens (primary N) is 1. The molecule has 4 heteroatoms. The molecule has 0 saturated heterocycles. The van der Waals surface area contributed by atoms with Crippen molar-refractivity contribution in [3.8, 4) is 5.75 Å². The normalized spacial score (nSPS) is 25.6. The average Bonchev–Trinajstić information content (AvgIpc) is 2.38. The number of hydrogen-bond donors (Lipinski definition) is 2. The lowest BCUT2D eigenvalue weighted by molar-refractivity contribution is 0.0556. The number of ether oxygens (including phenoxy) is 1. The second-order valence-electron chi connectivity index (χ2n) is 7.09. The molecular weight excluding hydrogens is 264 g/mol. The Morgan fingerprint density at radius 3 is 2.71 bits per heavy atom. The molecule has 4 nitrogen and oxygen atoms in total. The fraction of sp³-hybridized carbons (Fsp3) is 0.588. The predicted octanol–water partition coefficient (Wildman–Crippen LogP) is 3.68. The Morgan fingerprint density at radius 1 is 1.38 bits per heavy atom. The first kappa shape index (κ1) is 15.7. The summed E-state index contributed by atoms with van der Waals surface area (Å²) in [4.78, 5) is 0. The monoisotopic (exact) mass is 290 g/mol. The number of oxime groups is 1. The Kier molecular flexibility index (Phi) is 4.45. The SMILES string of the molecule is Cc1cccc(/C(N)=N/O)c1OC1CC(C)CC(C)(C)C1. The van der Waals surface area contributed by atoms with Crippen molar-refractivity contribution < 1.29 is 9.94 Å². The molecular formula is C17H26N2O2. The van der Waals surface area contributed by atoms with E-state index in [2.05, 4.69) is 25.9 Å². The zero-order chi connectivity index (χ0) is 15.6. The third-order valence-electron chi connectivity index (χ3n) is 4.23. The second kappa shape index (κ2) is 5.96. The molecule has 1 aromatic carbocycles. The minimum absolute atomic E-state index is 0.0943. The van der Waals surface area contributed by atoms with Crippen molar-refractivity contribution in [2.75, 3.05) is 0 Å². The van der Waals surface area contributed by atoms with Crippen molar-refractivity contribution >= 4 is 5.84 Å². The molecule has 2 rings (SSSR count). The molecule has 2 atom stereocenters. The van der Waals surface area contributed by atoms with Crippen LogP contribution >= 0.6 is 0 Å². The van der Waals surface area contributed by atoms with Gasteiger partial charge in [0, 0.05) is 0 Å². The lowest BCUT2D eigenvalue weighted by atomic mass is 9.71. The molecule has 0 heterocycles. The Bertz CT molecular complexity index is 538. The standard InChI is InChI=1S/C17H26N2O2/c1-11-8-13(10-17(3,4)9-11)21-15-12(2)6-5-7-14(15)16(18)19-20/h5-7,11,13,20H,8-10H2,1-4H3,(H2,18,19). The molecule has 0 amide bonds. The van der Waals surface area contributed by atoms with Crippen molar-refractivity contribution in [2.24, 2.45) is 22.2 Å². The number of aryl methyl sites for hydroxylation is 1. The van der Waals surface area contributed by atoms with Crippen molar-refractivity contribution in [2.45, 2.75) is 53.1 Å². The van der Waals surface area contributed by atoms with Crippen LogP contribution in [-0.4, -0.2) is 17.1 Å². The number of benzene rings is 1. The highest BCUT2D eigenvalue weighted by molar-refractivity contribution is 5.99. The van der Waals surface area contributed by atoms with Gasteiger partial charge >= 0.3 is 0 Å². The molecule has 1 fully saturated rings. The highest BCUT2D eigenvalue weighted by Gasteiger charge is 2.33. The van der Waals surface area contributed by atoms with Crippen LogP contribution in [0.1, 0.15) is 51.2 Å². The summed E-state index contributed by atoms with van der Waals surface area (Å²) in [5.74, 6) is 1.48. The van der Waals surface area contributed by atoms with E-state index in [1.165, 1.54) is 6.42 Å². The quantitative estimate of drug-likeness (QED) is 0.386. The Labute approximate surface area is 127 Å². The second-order valence-corrected chi connectivity index (χ2v) is 7.09. The zero-order valence-electron chi connectivity index (χ0n) is 13.4. The van der Waals surface area contributed by atoms with Gasteiger partial charge in [-0.05, 0) is 49.1 Å². The molecule has 1 aliphatic rings. The van der Waals surface area contributed by atoms with Crippen molar-refractivity contribution in [1.29, 1.82) is 0 Å². The first-order valence-electron chi connectivity index (χ1n) is 7.56. The summed E-state index contributed by atoms with van der Waals surface area (Å²) >= 11 is 0. The molecule has 21 heavy (non-hydrogen) atoms. The van der Waals surface area contributed by atoms with Gasteiger partial charge in [-0.3, -0.25) is 0 Å². The number of para-hydroxylation sites is 1. The fourth-order valence-electron chi connectivity index (χ4n) is 3.58. The third-order valence-corrected chi connectivity index (χ3v) is 4.23. The Hall–Kier alpha value is -1.71. The first-order chi connectivity index (χ1) is 9.82. The summed E-state index contributed by atoms with van der Waals surface area (Å²) in [5, 5.41) is 12.1. The minimum Gasteiger partial charge on any atom is -0.489 e. The molecule has 116 valence electrons. The molecule has 3 N–H and O–H groups in total. The lowest BCUT2D eigenvalue weighted by Crippen LogP contribution is -2.35. The van der Waals surface area contributed by atoms with Crippen LogP contribution < -0.4 is 10.5 Å². The van der Waals surface area contributed by atoms with E-state index in [9.17, 15) is 0 Å². The molecule has 0 spiro atoms. The Morgan fingerprint density at radius 2 is 2.10 bits per heavy atom. The van der Waals surface area contributed by atoms with Crippen LogP contribution in [0.4, 0.5) is 0 Å². The maximum atomic E-state index is 8.94. The van der Waals surface area contributed by atoms with Crippen LogP contribution in [0.15, 0.2) is 23.4 Å². The van der Waals surface area contributed by atoms with E-state index in [0.29, 0.717) is 16.9 Å². The van der Waals surface area contributed by atoms with Crippen LogP contribution in [0.3, 0.4) is 0 Å². The van der Waals surface area contributed by atoms with Gasteiger partial charge in [0.15, 0.2) is 5.84 Å². The first-order valence-corrected chi connectivity index (χ1v) is 7.56. The largest absolute Gasteiger partial charge is 0.489 e. The predicted molar refractivity (Wildman–Crippen MR) is 84.9 cm³/mol. The number of rotatable bonds is 3. The molecule has 0 aromatic heterocycles. The summed E-state index contributed by atoms with van der Waals surface area (Å²) < 4.78 is 6.27. The van der Waals surface area contributed by atoms with Crippen LogP contribution in [0, 0.1) is 18.3 Å². The summed E-state index contributed by atoms with van der Waals surface area (Å²) in [7, 11) is 0. The number of amidine groups is 1. The van der Waals surface area contributed by atoms with E-state index in [-0.39, 0.29) is 11.9 Å². The van der Waals surface area contributed by atoms with Gasteiger partial charge in [-0.1, -0.05) is 38.1 Å². The molecule has 2 unspecified atom stereocenters. The van der Waals surface area contributed by atoms with Crippen LogP contribution in [0.5, 0.6) is 5.75 Å². The summed E-state index contributed by atoms with van der Waals surface area (Å²) in [5.41, 5.74) is 7.73. The zero-order valence-corrected chi connectivity index (χ0v) is 13.4. The molecule has 1 aliphatic carbocycles. The smallest absolute Gasteiger partial charge is 0.173 e. The lowest BCUT2D eigenvalue weighted by Gasteiger charge is -2.39. The highest BCUT2D eigenvalue weighted by Crippen LogP contribution is 2.40. The van der Waals surface area contributed by atoms with Gasteiger partial charge in [0.25, 0.3) is 0 Å². The molecule has 0 aliphatic heterocycles. The number of nitrogens with zero attached hydrogens (tertiary/aromatic N) is 1. The fourth-order valence-corrected chi connectivity index (χ4v) is 3.58. The van der Waals surface area contributed by atoms with E-state index in [1.807, 2.05) is 25.1 Å². The summed E-state index contributed by atoms with van der Waals surface area (Å²) in [6.45, 7) is 8.85. The van der Waals surface area contributed by atoms with Crippen molar-refractivity contribution in [3.05, 3.63) is 29.3 Å². The van der Waals surface area contributed by atoms with E-state index < -0.39 is 0 Å². The van der Waals surface area contributed by atoms with Gasteiger partial charge < -0.3 is 15.7 Å². The third kappa shape index (κ3) is 3.69. The average molecular weight is 290 g/mol. The minimum atomic E-state index is 0.0943. The van der Waals surface area contributed by atoms with E-state index in [0.717, 1.165) is 24.2 Å². The molecule has 1 aromatic rings. The van der Waals surface area contributed by atoms with E-state index in [4.69, 9.17) is 15.7 Å². The van der Waals surface area contributed by atoms with Gasteiger partial charge in [0.2, 0.25) is 0 Å². The van der Waals surface area contributed by atoms with Gasteiger partial charge in [0.1, 0.15) is 5.75 Å². The van der Waals surface area contributed by atoms with Gasteiger partial charge in [0.05, 0.1) is 11.7 Å². The van der Waals surface area contributed by atoms with Crippen molar-refractivity contribution in [1.82, 2.24) is 0 Å². The van der Waals surface area contributed by atoms with Crippen LogP contribution in [0.2, 0.25) is 0 Å². The number of hydrogen-bond acceptors (Lipinski definition) is 3. The van der Waals surface area contributed by atoms with Gasteiger partial charge in [-0.25, -0.2) is 0 Å². The molecule has 0 bridgehead atoms. The van der Waals surface area contributed by atoms with E-state index in [1.54, 1.807) is 0 Å². The van der Waals surface area contributed by atoms with Crippen LogP contribution in [0.25, 0.3) is 0 Å². The molecule has 1 saturated carbocycles. The maximum Gasteiger partial charge on any atom is 0.173 e. The topological polar surface area (TPSA) is 67.8 Å². The highest BCUT2D eigenvalue weighted by atomic mass is 16.5. The van der Waals surface area contributed by atoms with Crippen LogP contribution in [-0.2, 0) is 0 Å². The van der Waals surface area contributed by atoms with Gasteiger partial charge in [-0.15, -0.1) is 0 Å². The van der Waals surface area contributed by atoms with Crippen molar-refractivity contribution in [3.63, 3.8) is 0 Å². The van der Waals surface area contributed by atoms with Gasteiger partial charge in [-0.2, -0.15) is 0 Å². The van der Waals surface area contributed by atoms with E-state index >= 15 is 0 Å².